The van der Waals surface area contributed by atoms with Gasteiger partial charge in [-0.1, -0.05) is 24.3 Å². The Morgan fingerprint density at radius 1 is 0.941 bits per heavy atom. The Labute approximate surface area is 290 Å². The molecule has 2 aliphatic heterocycles. The molecule has 13 heteroatoms. The number of amides is 1. The summed E-state index contributed by atoms with van der Waals surface area (Å²) >= 11 is 0. The number of fused-ring (bicyclic) bond motifs is 3. The molecule has 0 atom stereocenters. The van der Waals surface area contributed by atoms with E-state index in [4.69, 9.17) is 4.42 Å². The Bertz CT molecular complexity index is 2260. The van der Waals surface area contributed by atoms with Gasteiger partial charge in [-0.15, -0.1) is 0 Å². The van der Waals surface area contributed by atoms with Gasteiger partial charge in [0.15, 0.2) is 0 Å². The molecule has 0 unspecified atom stereocenters. The van der Waals surface area contributed by atoms with Gasteiger partial charge in [0.25, 0.3) is 11.5 Å². The molecule has 2 aliphatic rings. The van der Waals surface area contributed by atoms with Crippen LogP contribution >= 0.6 is 0 Å². The summed E-state index contributed by atoms with van der Waals surface area (Å²) in [5.41, 5.74) is 0.189. The molecule has 5 aromatic rings. The number of carbonyl (C=O) groups excluding carboxylic acids is 1. The number of anilines is 1. The highest BCUT2D eigenvalue weighted by Crippen LogP contribution is 2.42. The van der Waals surface area contributed by atoms with E-state index in [2.05, 4.69) is 33.8 Å². The molecule has 9 nitrogen and oxygen atoms in total. The third-order valence-corrected chi connectivity index (χ3v) is 10.2. The highest BCUT2D eigenvalue weighted by Gasteiger charge is 2.37. The maximum absolute atomic E-state index is 15.0. The quantitative estimate of drug-likeness (QED) is 0.160. The van der Waals surface area contributed by atoms with Crippen LogP contribution in [0.15, 0.2) is 74.7 Å². The molecule has 2 aromatic heterocycles. The second-order valence-electron chi connectivity index (χ2n) is 13.9. The van der Waals surface area contributed by atoms with E-state index in [1.807, 2.05) is 12.1 Å². The zero-order chi connectivity index (χ0) is 36.1. The van der Waals surface area contributed by atoms with Crippen LogP contribution in [-0.4, -0.2) is 70.7 Å². The molecule has 1 N–H and O–H groups in total. The normalized spacial score (nSPS) is 16.5. The van der Waals surface area contributed by atoms with Gasteiger partial charge in [0.2, 0.25) is 0 Å². The third kappa shape index (κ3) is 6.86. The topological polar surface area (TPSA) is 103 Å². The maximum Gasteiger partial charge on any atom is 0.417 e. The molecule has 0 aliphatic carbocycles. The largest absolute Gasteiger partial charge is 0.423 e. The van der Waals surface area contributed by atoms with Gasteiger partial charge in [0, 0.05) is 73.3 Å². The van der Waals surface area contributed by atoms with E-state index in [-0.39, 0.29) is 33.5 Å². The number of H-pyrrole nitrogens is 1. The van der Waals surface area contributed by atoms with Gasteiger partial charge in [-0.25, -0.2) is 14.3 Å². The molecule has 0 bridgehead atoms. The van der Waals surface area contributed by atoms with Crippen molar-refractivity contribution in [2.45, 2.75) is 51.2 Å². The van der Waals surface area contributed by atoms with Crippen molar-refractivity contribution in [3.8, 4) is 0 Å². The molecule has 51 heavy (non-hydrogen) atoms. The second-order valence-corrected chi connectivity index (χ2v) is 13.9. The molecule has 4 heterocycles. The lowest BCUT2D eigenvalue weighted by atomic mass is 9.85. The molecular formula is C38H37F4N5O4. The Balaban J connectivity index is 0.992. The molecule has 0 radical (unpaired) electrons. The van der Waals surface area contributed by atoms with Crippen molar-refractivity contribution in [3.05, 3.63) is 115 Å². The number of alkyl halides is 3. The lowest BCUT2D eigenvalue weighted by Gasteiger charge is -2.46. The predicted octanol–water partition coefficient (Wildman–Crippen LogP) is 6.16. The summed E-state index contributed by atoms with van der Waals surface area (Å²) in [7, 11) is 0. The minimum atomic E-state index is -4.68. The third-order valence-electron chi connectivity index (χ3n) is 10.2. The van der Waals surface area contributed by atoms with Crippen LogP contribution in [0.25, 0.3) is 21.7 Å². The number of aromatic nitrogens is 2. The van der Waals surface area contributed by atoms with E-state index >= 15 is 0 Å². The Morgan fingerprint density at radius 3 is 2.43 bits per heavy atom. The van der Waals surface area contributed by atoms with Crippen LogP contribution in [-0.2, 0) is 19.0 Å². The zero-order valence-corrected chi connectivity index (χ0v) is 28.3. The van der Waals surface area contributed by atoms with Crippen molar-refractivity contribution >= 4 is 33.3 Å². The highest BCUT2D eigenvalue weighted by atomic mass is 19.4. The smallest absolute Gasteiger partial charge is 0.417 e. The summed E-state index contributed by atoms with van der Waals surface area (Å²) in [6.07, 6.45) is -2.26. The van der Waals surface area contributed by atoms with Gasteiger partial charge in [-0.2, -0.15) is 18.3 Å². The van der Waals surface area contributed by atoms with Crippen LogP contribution < -0.4 is 16.1 Å². The fourth-order valence-electron chi connectivity index (χ4n) is 7.40. The van der Waals surface area contributed by atoms with Gasteiger partial charge in [0.1, 0.15) is 11.4 Å². The summed E-state index contributed by atoms with van der Waals surface area (Å²) in [6.45, 7) is 7.63. The van der Waals surface area contributed by atoms with Crippen LogP contribution in [0.2, 0.25) is 0 Å². The Kier molecular flexibility index (Phi) is 8.94. The Hall–Kier alpha value is -5.04. The van der Waals surface area contributed by atoms with Gasteiger partial charge >= 0.3 is 11.8 Å². The molecule has 7 rings (SSSR count). The first kappa shape index (κ1) is 34.4. The average Bonchev–Trinajstić information content (AvgIpc) is 3.10. The average molecular weight is 704 g/mol. The second kappa shape index (κ2) is 13.3. The van der Waals surface area contributed by atoms with E-state index in [0.717, 1.165) is 30.6 Å². The summed E-state index contributed by atoms with van der Waals surface area (Å²) in [5, 5.41) is 7.82. The van der Waals surface area contributed by atoms with Gasteiger partial charge in [-0.05, 0) is 75.0 Å². The van der Waals surface area contributed by atoms with Gasteiger partial charge in [0.05, 0.1) is 22.2 Å². The minimum absolute atomic E-state index is 0.00797. The molecule has 3 aromatic carbocycles. The SMILES string of the molecule is CC1(C)CCc2cc3c(C(F)(F)F)cc(=O)oc3cc2N1CCCN1CCN(C(=O)c2cc(Cc3n[nH]c(=O)c4ccccc34)ccc2F)CC1. The molecule has 1 fully saturated rings. The molecule has 1 saturated heterocycles. The maximum atomic E-state index is 15.0. The fraction of sp³-hybridized carbons (Fsp3) is 0.368. The number of aryl methyl sites for hydroxylation is 1. The lowest BCUT2D eigenvalue weighted by Crippen LogP contribution is -2.51. The van der Waals surface area contributed by atoms with Crippen LogP contribution in [0.4, 0.5) is 23.2 Å². The summed E-state index contributed by atoms with van der Waals surface area (Å²) < 4.78 is 61.5. The fourth-order valence-corrected chi connectivity index (χ4v) is 7.40. The van der Waals surface area contributed by atoms with Crippen molar-refractivity contribution in [2.75, 3.05) is 44.2 Å². The lowest BCUT2D eigenvalue weighted by molar-refractivity contribution is -0.136. The van der Waals surface area contributed by atoms with Gasteiger partial charge < -0.3 is 14.2 Å². The number of carbonyl (C=O) groups is 1. The van der Waals surface area contributed by atoms with Crippen molar-refractivity contribution in [3.63, 3.8) is 0 Å². The van der Waals surface area contributed by atoms with Crippen LogP contribution in [0.5, 0.6) is 0 Å². The van der Waals surface area contributed by atoms with E-state index < -0.39 is 23.2 Å². The van der Waals surface area contributed by atoms with E-state index in [9.17, 15) is 31.9 Å². The van der Waals surface area contributed by atoms with Crippen LogP contribution in [0.3, 0.4) is 0 Å². The highest BCUT2D eigenvalue weighted by molar-refractivity contribution is 5.95. The van der Waals surface area contributed by atoms with E-state index in [1.165, 1.54) is 12.1 Å². The van der Waals surface area contributed by atoms with Gasteiger partial charge in [-0.3, -0.25) is 14.5 Å². The monoisotopic (exact) mass is 703 g/mol. The number of nitrogens with zero attached hydrogens (tertiary/aromatic N) is 4. The summed E-state index contributed by atoms with van der Waals surface area (Å²) in [4.78, 5) is 43.8. The molecule has 266 valence electrons. The van der Waals surface area contributed by atoms with Crippen molar-refractivity contribution < 1.29 is 26.8 Å². The number of hydrogen-bond acceptors (Lipinski definition) is 7. The van der Waals surface area contributed by atoms with Crippen molar-refractivity contribution in [1.29, 1.82) is 0 Å². The minimum Gasteiger partial charge on any atom is -0.423 e. The number of benzene rings is 3. The zero-order valence-electron chi connectivity index (χ0n) is 28.3. The first-order chi connectivity index (χ1) is 24.3. The first-order valence-corrected chi connectivity index (χ1v) is 17.0. The van der Waals surface area contributed by atoms with Crippen LogP contribution in [0.1, 0.15) is 59.4 Å². The number of nitrogens with one attached hydrogen (secondary N) is 1. The summed E-state index contributed by atoms with van der Waals surface area (Å²) in [6, 6.07) is 15.2. The first-order valence-electron chi connectivity index (χ1n) is 17.0. The number of rotatable bonds is 7. The molecule has 0 saturated carbocycles. The number of halogens is 4. The number of aromatic amines is 1. The number of hydrogen-bond donors (Lipinski definition) is 1. The predicted molar refractivity (Wildman–Crippen MR) is 186 cm³/mol. The molecular weight excluding hydrogens is 666 g/mol. The van der Waals surface area contributed by atoms with Crippen molar-refractivity contribution in [1.82, 2.24) is 20.0 Å². The molecule has 0 spiro atoms. The molecule has 1 amide bonds. The number of piperazine rings is 1. The summed E-state index contributed by atoms with van der Waals surface area (Å²) in [5.74, 6) is -0.982. The van der Waals surface area contributed by atoms with Crippen molar-refractivity contribution in [2.24, 2.45) is 0 Å². The Morgan fingerprint density at radius 2 is 1.69 bits per heavy atom. The van der Waals surface area contributed by atoms with E-state index in [0.29, 0.717) is 73.7 Å². The standard InChI is InChI=1S/C38H37F4N5O4/c1-37(2)11-10-24-20-27-29(38(40,41)42)21-34(48)51-33(27)22-32(24)47(37)13-5-12-45-14-16-46(17-15-45)36(50)28-18-23(8-9-30(28)39)19-31-25-6-3-4-7-26(25)35(49)44-43-31/h3-4,6-9,18,20-22H,5,10-17,19H2,1-2H3,(H,44,49). The van der Waals surface area contributed by atoms with E-state index in [1.54, 1.807) is 35.2 Å². The van der Waals surface area contributed by atoms with Crippen LogP contribution in [0, 0.1) is 5.82 Å².